The average molecular weight is 265 g/mol. The highest BCUT2D eigenvalue weighted by Gasteiger charge is 2.26. The summed E-state index contributed by atoms with van der Waals surface area (Å²) in [4.78, 5) is 29.4. The van der Waals surface area contributed by atoms with Crippen molar-refractivity contribution in [1.29, 1.82) is 0 Å². The fraction of sp³-hybridized carbons (Fsp3) is 0.583. The van der Waals surface area contributed by atoms with Crippen molar-refractivity contribution >= 4 is 11.8 Å². The number of carbonyl (C=O) groups is 2. The molecular formula is C12H19N5O2. The van der Waals surface area contributed by atoms with Crippen LogP contribution in [0.25, 0.3) is 0 Å². The molecule has 1 aliphatic heterocycles. The van der Waals surface area contributed by atoms with Gasteiger partial charge in [-0.15, -0.1) is 0 Å². The number of imidazole rings is 1. The van der Waals surface area contributed by atoms with Gasteiger partial charge in [-0.05, 0) is 19.8 Å². The average Bonchev–Trinajstić information content (AvgIpc) is 2.83. The van der Waals surface area contributed by atoms with Crippen molar-refractivity contribution < 1.29 is 9.59 Å². The molecule has 0 aromatic carbocycles. The number of carbonyl (C=O) groups excluding carboxylic acids is 2. The number of nitrogens with two attached hydrogens (primary N) is 1. The minimum absolute atomic E-state index is 0.0627. The van der Waals surface area contributed by atoms with Gasteiger partial charge in [0.1, 0.15) is 12.4 Å². The van der Waals surface area contributed by atoms with Gasteiger partial charge in [0.15, 0.2) is 0 Å². The number of amides is 2. The number of nitrogens with one attached hydrogen (secondary N) is 1. The van der Waals surface area contributed by atoms with E-state index in [2.05, 4.69) is 10.4 Å². The smallest absolute Gasteiger partial charge is 0.242 e. The predicted octanol–water partition coefficient (Wildman–Crippen LogP) is -0.580. The van der Waals surface area contributed by atoms with Crippen molar-refractivity contribution in [3.05, 3.63) is 18.2 Å². The zero-order valence-electron chi connectivity index (χ0n) is 11.0. The Balaban J connectivity index is 1.86. The molecule has 2 heterocycles. The first-order chi connectivity index (χ1) is 9.11. The van der Waals surface area contributed by atoms with Crippen LogP contribution in [-0.4, -0.2) is 39.4 Å². The van der Waals surface area contributed by atoms with Crippen molar-refractivity contribution in [3.8, 4) is 0 Å². The van der Waals surface area contributed by atoms with Crippen LogP contribution in [0.15, 0.2) is 12.4 Å². The van der Waals surface area contributed by atoms with Crippen LogP contribution < -0.4 is 11.3 Å². The van der Waals surface area contributed by atoms with Crippen molar-refractivity contribution in [2.45, 2.75) is 26.3 Å². The summed E-state index contributed by atoms with van der Waals surface area (Å²) < 4.78 is 1.82. The van der Waals surface area contributed by atoms with Gasteiger partial charge >= 0.3 is 0 Å². The summed E-state index contributed by atoms with van der Waals surface area (Å²) in [6.45, 7) is 3.38. The van der Waals surface area contributed by atoms with Gasteiger partial charge in [-0.3, -0.25) is 15.0 Å². The Morgan fingerprint density at radius 2 is 2.16 bits per heavy atom. The van der Waals surface area contributed by atoms with Gasteiger partial charge in [-0.25, -0.2) is 10.8 Å². The van der Waals surface area contributed by atoms with Gasteiger partial charge < -0.3 is 9.47 Å². The Morgan fingerprint density at radius 3 is 2.68 bits per heavy atom. The van der Waals surface area contributed by atoms with Crippen LogP contribution >= 0.6 is 0 Å². The highest BCUT2D eigenvalue weighted by molar-refractivity contribution is 5.79. The largest absolute Gasteiger partial charge is 0.341 e. The Bertz CT molecular complexity index is 462. The standard InChI is InChI=1S/C12H19N5O2/c1-9-14-4-7-17(9)8-11(18)16-5-2-10(3-6-16)12(19)15-13/h4,7,10H,2-3,5-6,8,13H2,1H3,(H,15,19). The Hall–Kier alpha value is -1.89. The fourth-order valence-corrected chi connectivity index (χ4v) is 2.33. The maximum Gasteiger partial charge on any atom is 0.242 e. The molecule has 0 bridgehead atoms. The third kappa shape index (κ3) is 3.11. The molecule has 0 radical (unpaired) electrons. The lowest BCUT2D eigenvalue weighted by atomic mass is 9.96. The fourth-order valence-electron chi connectivity index (χ4n) is 2.33. The highest BCUT2D eigenvalue weighted by Crippen LogP contribution is 2.17. The van der Waals surface area contributed by atoms with Gasteiger partial charge in [-0.2, -0.15) is 0 Å². The molecule has 1 aromatic heterocycles. The van der Waals surface area contributed by atoms with Crippen LogP contribution in [0.1, 0.15) is 18.7 Å². The molecule has 1 fully saturated rings. The van der Waals surface area contributed by atoms with Crippen LogP contribution in [0.5, 0.6) is 0 Å². The molecule has 0 spiro atoms. The zero-order valence-corrected chi connectivity index (χ0v) is 11.0. The first-order valence-corrected chi connectivity index (χ1v) is 6.37. The van der Waals surface area contributed by atoms with E-state index in [0.29, 0.717) is 32.5 Å². The second-order valence-corrected chi connectivity index (χ2v) is 4.77. The topological polar surface area (TPSA) is 93.2 Å². The molecule has 0 unspecified atom stereocenters. The number of rotatable bonds is 3. The minimum Gasteiger partial charge on any atom is -0.341 e. The normalized spacial score (nSPS) is 16.4. The van der Waals surface area contributed by atoms with Gasteiger partial charge in [0.25, 0.3) is 0 Å². The number of aryl methyl sites for hydroxylation is 1. The van der Waals surface area contributed by atoms with Crippen molar-refractivity contribution in [2.24, 2.45) is 11.8 Å². The number of nitrogens with zero attached hydrogens (tertiary/aromatic N) is 3. The third-order valence-electron chi connectivity index (χ3n) is 3.59. The number of piperidine rings is 1. The zero-order chi connectivity index (χ0) is 13.8. The van der Waals surface area contributed by atoms with E-state index in [-0.39, 0.29) is 17.7 Å². The molecule has 1 aliphatic rings. The van der Waals surface area contributed by atoms with E-state index in [0.717, 1.165) is 5.82 Å². The van der Waals surface area contributed by atoms with E-state index in [1.165, 1.54) is 0 Å². The molecule has 19 heavy (non-hydrogen) atoms. The maximum absolute atomic E-state index is 12.1. The maximum atomic E-state index is 12.1. The lowest BCUT2D eigenvalue weighted by Gasteiger charge is -2.31. The molecule has 2 amide bonds. The van der Waals surface area contributed by atoms with Crippen LogP contribution in [0.3, 0.4) is 0 Å². The number of likely N-dealkylation sites (tertiary alicyclic amines) is 1. The monoisotopic (exact) mass is 265 g/mol. The summed E-state index contributed by atoms with van der Waals surface area (Å²) in [5.74, 6) is 5.78. The molecule has 3 N–H and O–H groups in total. The molecule has 0 aliphatic carbocycles. The Kier molecular flexibility index (Phi) is 4.16. The van der Waals surface area contributed by atoms with Crippen LogP contribution in [0, 0.1) is 12.8 Å². The molecule has 0 atom stereocenters. The minimum atomic E-state index is -0.141. The molecule has 1 saturated heterocycles. The lowest BCUT2D eigenvalue weighted by molar-refractivity contribution is -0.136. The van der Waals surface area contributed by atoms with Crippen LogP contribution in [-0.2, 0) is 16.1 Å². The van der Waals surface area contributed by atoms with Gasteiger partial charge in [0.05, 0.1) is 0 Å². The molecular weight excluding hydrogens is 246 g/mol. The van der Waals surface area contributed by atoms with Gasteiger partial charge in [0.2, 0.25) is 11.8 Å². The van der Waals surface area contributed by atoms with Crippen LogP contribution in [0.4, 0.5) is 0 Å². The van der Waals surface area contributed by atoms with E-state index in [1.54, 1.807) is 17.3 Å². The summed E-state index contributed by atoms with van der Waals surface area (Å²) in [6.07, 6.45) is 4.80. The van der Waals surface area contributed by atoms with Gasteiger partial charge in [-0.1, -0.05) is 0 Å². The summed E-state index contributed by atoms with van der Waals surface area (Å²) in [5.41, 5.74) is 2.17. The second-order valence-electron chi connectivity index (χ2n) is 4.77. The molecule has 7 nitrogen and oxygen atoms in total. The Morgan fingerprint density at radius 1 is 1.47 bits per heavy atom. The number of hydrazine groups is 1. The number of hydrogen-bond acceptors (Lipinski definition) is 4. The predicted molar refractivity (Wildman–Crippen MR) is 68.6 cm³/mol. The van der Waals surface area contributed by atoms with Crippen molar-refractivity contribution in [1.82, 2.24) is 19.9 Å². The molecule has 7 heteroatoms. The van der Waals surface area contributed by atoms with E-state index in [1.807, 2.05) is 11.5 Å². The number of aromatic nitrogens is 2. The molecule has 0 saturated carbocycles. The first kappa shape index (κ1) is 13.5. The van der Waals surface area contributed by atoms with E-state index in [9.17, 15) is 9.59 Å². The summed E-state index contributed by atoms with van der Waals surface area (Å²) in [7, 11) is 0. The first-order valence-electron chi connectivity index (χ1n) is 6.37. The molecule has 104 valence electrons. The summed E-state index contributed by atoms with van der Waals surface area (Å²) in [6, 6.07) is 0. The van der Waals surface area contributed by atoms with Crippen LogP contribution in [0.2, 0.25) is 0 Å². The van der Waals surface area contributed by atoms with Gasteiger partial charge in [0, 0.05) is 31.4 Å². The second kappa shape index (κ2) is 5.83. The highest BCUT2D eigenvalue weighted by atomic mass is 16.2. The SMILES string of the molecule is Cc1nccn1CC(=O)N1CCC(C(=O)NN)CC1. The van der Waals surface area contributed by atoms with E-state index >= 15 is 0 Å². The lowest BCUT2D eigenvalue weighted by Crippen LogP contribution is -2.45. The van der Waals surface area contributed by atoms with Crippen molar-refractivity contribution in [2.75, 3.05) is 13.1 Å². The van der Waals surface area contributed by atoms with Crippen molar-refractivity contribution in [3.63, 3.8) is 0 Å². The summed E-state index contributed by atoms with van der Waals surface area (Å²) in [5, 5.41) is 0. The molecule has 1 aromatic rings. The quantitative estimate of drug-likeness (QED) is 0.434. The molecule has 2 rings (SSSR count). The van der Waals surface area contributed by atoms with E-state index in [4.69, 9.17) is 5.84 Å². The van der Waals surface area contributed by atoms with E-state index < -0.39 is 0 Å². The third-order valence-corrected chi connectivity index (χ3v) is 3.59. The number of hydrogen-bond donors (Lipinski definition) is 2. The summed E-state index contributed by atoms with van der Waals surface area (Å²) >= 11 is 0. The Labute approximate surface area is 111 Å².